The highest BCUT2D eigenvalue weighted by atomic mass is 35.5. The molecule has 0 amide bonds. The van der Waals surface area contributed by atoms with Crippen LogP contribution in [0.1, 0.15) is 5.56 Å². The van der Waals surface area contributed by atoms with Crippen molar-refractivity contribution in [3.63, 3.8) is 0 Å². The minimum atomic E-state index is -0.0788. The fourth-order valence-electron chi connectivity index (χ4n) is 3.44. The van der Waals surface area contributed by atoms with Gasteiger partial charge in [-0.05, 0) is 42.0 Å². The van der Waals surface area contributed by atoms with E-state index >= 15 is 0 Å². The zero-order valence-electron chi connectivity index (χ0n) is 14.8. The summed E-state index contributed by atoms with van der Waals surface area (Å²) in [7, 11) is 0. The molecule has 0 saturated heterocycles. The largest absolute Gasteiger partial charge is 0.473 e. The predicted molar refractivity (Wildman–Crippen MR) is 109 cm³/mol. The summed E-state index contributed by atoms with van der Waals surface area (Å²) in [5.74, 6) is 0.732. The van der Waals surface area contributed by atoms with Gasteiger partial charge in [0.25, 0.3) is 0 Å². The number of hydrogen-bond acceptors (Lipinski definition) is 5. The number of benzene rings is 2. The Bertz CT molecular complexity index is 1220. The van der Waals surface area contributed by atoms with Crippen LogP contribution in [-0.2, 0) is 6.54 Å². The van der Waals surface area contributed by atoms with E-state index in [0.717, 1.165) is 22.6 Å². The van der Waals surface area contributed by atoms with Gasteiger partial charge in [0.15, 0.2) is 6.73 Å². The topological polar surface area (TPSA) is 55.6 Å². The Kier molecular flexibility index (Phi) is 4.02. The third kappa shape index (κ3) is 2.80. The number of ether oxygens (including phenoxy) is 1. The lowest BCUT2D eigenvalue weighted by molar-refractivity contribution is 0.289. The van der Waals surface area contributed by atoms with Crippen molar-refractivity contribution in [1.82, 2.24) is 4.98 Å². The summed E-state index contributed by atoms with van der Waals surface area (Å²) in [6.45, 7) is 0.985. The van der Waals surface area contributed by atoms with Gasteiger partial charge in [0.1, 0.15) is 17.6 Å². The van der Waals surface area contributed by atoms with Crippen molar-refractivity contribution in [2.75, 3.05) is 11.6 Å². The van der Waals surface area contributed by atoms with E-state index in [1.807, 2.05) is 35.2 Å². The van der Waals surface area contributed by atoms with Crippen LogP contribution in [0.2, 0.25) is 5.02 Å². The SMILES string of the molecule is O=c1c(-c2ccc(Cl)cc2)coc2c3c(ccc12)OCN(c1cccnc1)C3. The minimum Gasteiger partial charge on any atom is -0.473 e. The highest BCUT2D eigenvalue weighted by molar-refractivity contribution is 6.30. The van der Waals surface area contributed by atoms with Crippen molar-refractivity contribution >= 4 is 28.3 Å². The first-order valence-electron chi connectivity index (χ1n) is 8.82. The highest BCUT2D eigenvalue weighted by Gasteiger charge is 2.23. The molecular weight excluding hydrogens is 376 g/mol. The van der Waals surface area contributed by atoms with E-state index in [9.17, 15) is 4.79 Å². The molecule has 1 aliphatic heterocycles. The molecule has 2 aromatic carbocycles. The first kappa shape index (κ1) is 16.8. The monoisotopic (exact) mass is 390 g/mol. The van der Waals surface area contributed by atoms with E-state index in [4.69, 9.17) is 20.8 Å². The fourth-order valence-corrected chi connectivity index (χ4v) is 3.57. The lowest BCUT2D eigenvalue weighted by atomic mass is 10.0. The molecule has 0 N–H and O–H groups in total. The number of anilines is 1. The Balaban J connectivity index is 1.61. The summed E-state index contributed by atoms with van der Waals surface area (Å²) in [6.07, 6.45) is 5.03. The first-order valence-corrected chi connectivity index (χ1v) is 9.19. The summed E-state index contributed by atoms with van der Waals surface area (Å²) in [5, 5.41) is 1.15. The summed E-state index contributed by atoms with van der Waals surface area (Å²) in [4.78, 5) is 19.3. The molecule has 0 atom stereocenters. The van der Waals surface area contributed by atoms with E-state index < -0.39 is 0 Å². The molecule has 5 rings (SSSR count). The van der Waals surface area contributed by atoms with E-state index in [1.165, 1.54) is 6.26 Å². The highest BCUT2D eigenvalue weighted by Crippen LogP contribution is 2.34. The molecule has 28 heavy (non-hydrogen) atoms. The quantitative estimate of drug-likeness (QED) is 0.489. The molecule has 1 aliphatic rings. The molecular formula is C22H15ClN2O3. The van der Waals surface area contributed by atoms with Gasteiger partial charge in [0.2, 0.25) is 5.43 Å². The van der Waals surface area contributed by atoms with Gasteiger partial charge in [-0.25, -0.2) is 0 Å². The number of pyridine rings is 1. The maximum absolute atomic E-state index is 13.1. The molecule has 2 aromatic heterocycles. The first-order chi connectivity index (χ1) is 13.7. The fraction of sp³-hybridized carbons (Fsp3) is 0.0909. The number of halogens is 1. The lowest BCUT2D eigenvalue weighted by Gasteiger charge is -2.30. The number of rotatable bonds is 2. The zero-order valence-corrected chi connectivity index (χ0v) is 15.5. The van der Waals surface area contributed by atoms with Gasteiger partial charge in [-0.1, -0.05) is 23.7 Å². The van der Waals surface area contributed by atoms with Crippen LogP contribution in [0, 0.1) is 0 Å². The van der Waals surface area contributed by atoms with Crippen molar-refractivity contribution in [2.45, 2.75) is 6.54 Å². The van der Waals surface area contributed by atoms with E-state index in [1.54, 1.807) is 30.6 Å². The molecule has 3 heterocycles. The molecule has 0 saturated carbocycles. The molecule has 138 valence electrons. The second-order valence-electron chi connectivity index (χ2n) is 6.59. The number of nitrogens with zero attached hydrogens (tertiary/aromatic N) is 2. The second kappa shape index (κ2) is 6.69. The van der Waals surface area contributed by atoms with Crippen molar-refractivity contribution in [3.05, 3.63) is 88.0 Å². The molecule has 0 fully saturated rings. The maximum Gasteiger partial charge on any atom is 0.200 e. The van der Waals surface area contributed by atoms with Crippen LogP contribution in [0.3, 0.4) is 0 Å². The lowest BCUT2D eigenvalue weighted by Crippen LogP contribution is -2.32. The number of aromatic nitrogens is 1. The summed E-state index contributed by atoms with van der Waals surface area (Å²) < 4.78 is 11.8. The van der Waals surface area contributed by atoms with Crippen LogP contribution in [0.15, 0.2) is 76.4 Å². The molecule has 0 aliphatic carbocycles. The van der Waals surface area contributed by atoms with Crippen LogP contribution < -0.4 is 15.1 Å². The molecule has 0 radical (unpaired) electrons. The van der Waals surface area contributed by atoms with E-state index in [2.05, 4.69) is 4.98 Å². The van der Waals surface area contributed by atoms with Gasteiger partial charge in [0.05, 0.1) is 34.9 Å². The van der Waals surface area contributed by atoms with Crippen molar-refractivity contribution in [2.24, 2.45) is 0 Å². The summed E-state index contributed by atoms with van der Waals surface area (Å²) >= 11 is 5.95. The normalized spacial score (nSPS) is 13.2. The van der Waals surface area contributed by atoms with Gasteiger partial charge in [-0.2, -0.15) is 0 Å². The Morgan fingerprint density at radius 2 is 1.93 bits per heavy atom. The average Bonchev–Trinajstić information content (AvgIpc) is 2.75. The smallest absolute Gasteiger partial charge is 0.200 e. The van der Waals surface area contributed by atoms with Gasteiger partial charge >= 0.3 is 0 Å². The van der Waals surface area contributed by atoms with E-state index in [0.29, 0.717) is 34.8 Å². The van der Waals surface area contributed by atoms with Crippen molar-refractivity contribution in [1.29, 1.82) is 0 Å². The third-order valence-electron chi connectivity index (χ3n) is 4.89. The summed E-state index contributed by atoms with van der Waals surface area (Å²) in [6, 6.07) is 14.6. The van der Waals surface area contributed by atoms with Crippen LogP contribution in [-0.4, -0.2) is 11.7 Å². The third-order valence-corrected chi connectivity index (χ3v) is 5.14. The van der Waals surface area contributed by atoms with Gasteiger partial charge in [-0.3, -0.25) is 9.78 Å². The molecule has 0 spiro atoms. The van der Waals surface area contributed by atoms with Crippen molar-refractivity contribution < 1.29 is 9.15 Å². The van der Waals surface area contributed by atoms with Crippen LogP contribution >= 0.6 is 11.6 Å². The molecule has 0 unspecified atom stereocenters. The second-order valence-corrected chi connectivity index (χ2v) is 7.02. The molecule has 4 aromatic rings. The number of fused-ring (bicyclic) bond motifs is 3. The summed E-state index contributed by atoms with van der Waals surface area (Å²) in [5.41, 5.74) is 3.55. The Hall–Kier alpha value is -3.31. The Labute approximate surface area is 165 Å². The standard InChI is InChI=1S/C22H15ClN2O3/c23-15-5-3-14(4-6-15)19-12-27-22-17(21(19)26)7-8-20-18(22)11-25(13-28-20)16-2-1-9-24-10-16/h1-10,12H,11,13H2. The van der Waals surface area contributed by atoms with E-state index in [-0.39, 0.29) is 5.43 Å². The van der Waals surface area contributed by atoms with Crippen LogP contribution in [0.5, 0.6) is 5.75 Å². The zero-order chi connectivity index (χ0) is 19.1. The molecule has 0 bridgehead atoms. The molecule has 6 heteroatoms. The van der Waals surface area contributed by atoms with Gasteiger partial charge in [-0.15, -0.1) is 0 Å². The number of hydrogen-bond donors (Lipinski definition) is 0. The predicted octanol–water partition coefficient (Wildman–Crippen LogP) is 4.86. The maximum atomic E-state index is 13.1. The van der Waals surface area contributed by atoms with Crippen LogP contribution in [0.4, 0.5) is 5.69 Å². The van der Waals surface area contributed by atoms with Crippen LogP contribution in [0.25, 0.3) is 22.1 Å². The Morgan fingerprint density at radius 1 is 1.07 bits per heavy atom. The van der Waals surface area contributed by atoms with Gasteiger partial charge < -0.3 is 14.1 Å². The Morgan fingerprint density at radius 3 is 2.71 bits per heavy atom. The van der Waals surface area contributed by atoms with Crippen molar-refractivity contribution in [3.8, 4) is 16.9 Å². The minimum absolute atomic E-state index is 0.0788. The molecule has 5 nitrogen and oxygen atoms in total. The van der Waals surface area contributed by atoms with Gasteiger partial charge in [0, 0.05) is 11.2 Å². The average molecular weight is 391 g/mol.